The van der Waals surface area contributed by atoms with E-state index in [2.05, 4.69) is 0 Å². The average molecular weight is 461 g/mol. The fourth-order valence-corrected chi connectivity index (χ4v) is 5.77. The Morgan fingerprint density at radius 3 is 2.25 bits per heavy atom. The summed E-state index contributed by atoms with van der Waals surface area (Å²) in [5.41, 5.74) is 7.47. The van der Waals surface area contributed by atoms with Crippen LogP contribution in [0.3, 0.4) is 0 Å². The Morgan fingerprint density at radius 1 is 0.969 bits per heavy atom. The monoisotopic (exact) mass is 460 g/mol. The minimum absolute atomic E-state index is 0.497. The Kier molecular flexibility index (Phi) is 6.23. The van der Waals surface area contributed by atoms with E-state index in [4.69, 9.17) is 15.5 Å². The summed E-state index contributed by atoms with van der Waals surface area (Å²) in [6, 6.07) is 22.2. The average Bonchev–Trinajstić information content (AvgIpc) is 2.94. The van der Waals surface area contributed by atoms with Crippen molar-refractivity contribution in [2.24, 2.45) is 10.7 Å². The van der Waals surface area contributed by atoms with E-state index >= 15 is 0 Å². The maximum Gasteiger partial charge on any atom is 0.416 e. The molecule has 2 N–H and O–H groups in total. The van der Waals surface area contributed by atoms with Crippen molar-refractivity contribution >= 4 is 29.3 Å². The summed E-state index contributed by atoms with van der Waals surface area (Å²) >= 11 is -0.813. The quantitative estimate of drug-likeness (QED) is 0.588. The van der Waals surface area contributed by atoms with Gasteiger partial charge in [-0.2, -0.15) is 13.2 Å². The Bertz CT molecular complexity index is 1130. The highest BCUT2D eigenvalue weighted by molar-refractivity contribution is 7.99. The third kappa shape index (κ3) is 4.80. The first-order valence-corrected chi connectivity index (χ1v) is 11.9. The number of alkyl halides is 3. The van der Waals surface area contributed by atoms with Crippen molar-refractivity contribution in [1.82, 2.24) is 0 Å². The summed E-state index contributed by atoms with van der Waals surface area (Å²) in [7, 11) is 0. The number of ether oxygens (including phenoxy) is 1. The molecule has 2 unspecified atom stereocenters. The molecule has 0 spiro atoms. The number of amides is 1. The van der Waals surface area contributed by atoms with Crippen LogP contribution >= 0.6 is 11.8 Å². The minimum Gasteiger partial charge on any atom is -0.439 e. The highest BCUT2D eigenvalue weighted by atomic mass is 32.2. The van der Waals surface area contributed by atoms with Crippen LogP contribution < -0.4 is 5.73 Å². The van der Waals surface area contributed by atoms with Crippen molar-refractivity contribution in [3.8, 4) is 0 Å². The summed E-state index contributed by atoms with van der Waals surface area (Å²) < 4.78 is 44.9. The highest BCUT2D eigenvalue weighted by Gasteiger charge is 2.33. The molecule has 0 aromatic heterocycles. The van der Waals surface area contributed by atoms with Gasteiger partial charge >= 0.3 is 12.3 Å². The van der Waals surface area contributed by atoms with Crippen LogP contribution in [0.2, 0.25) is 0 Å². The Labute approximate surface area is 187 Å². The lowest BCUT2D eigenvalue weighted by Crippen LogP contribution is -2.35. The van der Waals surface area contributed by atoms with E-state index in [-0.39, 0.29) is 0 Å². The lowest BCUT2D eigenvalue weighted by molar-refractivity contribution is -0.137. The van der Waals surface area contributed by atoms with Gasteiger partial charge in [-0.25, -0.2) is 4.79 Å². The van der Waals surface area contributed by atoms with E-state index < -0.39 is 41.6 Å². The molecular formula is C24H23F3N2O2S. The number of carbonyl (C=O) groups excluding carboxylic acids is 1. The Morgan fingerprint density at radius 2 is 1.59 bits per heavy atom. The van der Waals surface area contributed by atoms with Crippen molar-refractivity contribution in [3.63, 3.8) is 0 Å². The molecule has 1 amide bonds. The fraction of sp³-hybridized carbons (Fsp3) is 0.167. The molecule has 4 nitrogen and oxygen atoms in total. The van der Waals surface area contributed by atoms with E-state index in [0.717, 1.165) is 28.3 Å². The summed E-state index contributed by atoms with van der Waals surface area (Å²) in [5.74, 6) is 0.103. The highest BCUT2D eigenvalue weighted by Crippen LogP contribution is 2.39. The molecule has 168 valence electrons. The molecule has 0 saturated carbocycles. The van der Waals surface area contributed by atoms with Crippen LogP contribution in [-0.4, -0.2) is 23.7 Å². The summed E-state index contributed by atoms with van der Waals surface area (Å²) in [4.78, 5) is 17.7. The molecule has 0 bridgehead atoms. The molecule has 3 aromatic rings. The Hall–Kier alpha value is -3.26. The topological polar surface area (TPSA) is 64.7 Å². The standard InChI is InChI=1S/C24H23F3N2O2S/c25-24(26,27)17-12-10-16(11-13-17)21(15-6-2-1-3-7-15)22-19(31-23(28)30)14-32-20-9-5-4-8-18(20)29-22/h1-13,19,21H,14H2,32H4,(H2,28,30). The number of carbonyl (C=O) groups is 1. The van der Waals surface area contributed by atoms with Gasteiger partial charge < -0.3 is 10.5 Å². The minimum atomic E-state index is -4.43. The number of hydrogen-bond acceptors (Lipinski definition) is 3. The Balaban J connectivity index is 1.88. The van der Waals surface area contributed by atoms with Gasteiger partial charge in [0.15, 0.2) is 0 Å². The molecule has 32 heavy (non-hydrogen) atoms. The maximum absolute atomic E-state index is 13.1. The number of nitrogens with zero attached hydrogens (tertiary/aromatic N) is 1. The largest absolute Gasteiger partial charge is 0.439 e. The third-order valence-electron chi connectivity index (χ3n) is 5.51. The number of halogens is 3. The van der Waals surface area contributed by atoms with E-state index in [0.29, 0.717) is 17.0 Å². The molecular weight excluding hydrogens is 437 g/mol. The van der Waals surface area contributed by atoms with Gasteiger partial charge in [-0.3, -0.25) is 16.8 Å². The first-order valence-electron chi connectivity index (χ1n) is 10.2. The second kappa shape index (κ2) is 9.08. The fourth-order valence-electron chi connectivity index (χ4n) is 4.03. The van der Waals surface area contributed by atoms with Crippen LogP contribution in [-0.2, 0) is 10.9 Å². The van der Waals surface area contributed by atoms with Crippen LogP contribution in [0.25, 0.3) is 0 Å². The first kappa shape index (κ1) is 22.0. The molecule has 1 aliphatic heterocycles. The molecule has 4 rings (SSSR count). The smallest absolute Gasteiger partial charge is 0.416 e. The zero-order chi connectivity index (χ0) is 22.7. The number of rotatable bonds is 4. The lowest BCUT2D eigenvalue weighted by Gasteiger charge is -2.26. The molecule has 2 atom stereocenters. The number of hydrogen-bond donors (Lipinski definition) is 1. The van der Waals surface area contributed by atoms with Crippen LogP contribution in [0.5, 0.6) is 0 Å². The van der Waals surface area contributed by atoms with Gasteiger partial charge in [0.2, 0.25) is 0 Å². The van der Waals surface area contributed by atoms with Crippen LogP contribution in [0, 0.1) is 0 Å². The van der Waals surface area contributed by atoms with Crippen LogP contribution in [0.15, 0.2) is 88.8 Å². The predicted octanol–water partition coefficient (Wildman–Crippen LogP) is 5.11. The summed E-state index contributed by atoms with van der Waals surface area (Å²) in [6.45, 7) is 0. The maximum atomic E-state index is 13.1. The second-order valence-electron chi connectivity index (χ2n) is 7.59. The summed E-state index contributed by atoms with van der Waals surface area (Å²) in [5, 5.41) is 0. The number of benzene rings is 3. The number of primary amides is 1. The molecule has 0 aliphatic carbocycles. The third-order valence-corrected chi connectivity index (χ3v) is 7.46. The van der Waals surface area contributed by atoms with Crippen molar-refractivity contribution in [2.75, 3.05) is 5.75 Å². The van der Waals surface area contributed by atoms with Crippen LogP contribution in [0.4, 0.5) is 23.7 Å². The predicted molar refractivity (Wildman–Crippen MR) is 124 cm³/mol. The normalized spacial score (nSPS) is 17.2. The molecule has 0 fully saturated rings. The van der Waals surface area contributed by atoms with Crippen molar-refractivity contribution in [2.45, 2.75) is 23.1 Å². The molecule has 8 heteroatoms. The zero-order valence-electron chi connectivity index (χ0n) is 17.0. The zero-order valence-corrected chi connectivity index (χ0v) is 18.5. The van der Waals surface area contributed by atoms with E-state index in [1.165, 1.54) is 12.1 Å². The van der Waals surface area contributed by atoms with Gasteiger partial charge in [0.05, 0.1) is 22.9 Å². The number of para-hydroxylation sites is 1. The molecule has 3 aromatic carbocycles. The van der Waals surface area contributed by atoms with Gasteiger partial charge in [0, 0.05) is 5.75 Å². The molecule has 0 saturated heterocycles. The van der Waals surface area contributed by atoms with Gasteiger partial charge in [0.25, 0.3) is 0 Å². The molecule has 0 radical (unpaired) electrons. The van der Waals surface area contributed by atoms with Crippen molar-refractivity contribution in [1.29, 1.82) is 0 Å². The van der Waals surface area contributed by atoms with Gasteiger partial charge in [-0.05, 0) is 40.3 Å². The van der Waals surface area contributed by atoms with E-state index in [1.54, 1.807) is 0 Å². The van der Waals surface area contributed by atoms with E-state index in [1.807, 2.05) is 54.6 Å². The first-order chi connectivity index (χ1) is 15.3. The number of nitrogens with two attached hydrogens (primary N) is 1. The van der Waals surface area contributed by atoms with Gasteiger partial charge in [-0.1, -0.05) is 54.6 Å². The van der Waals surface area contributed by atoms with Crippen molar-refractivity contribution < 1.29 is 22.7 Å². The van der Waals surface area contributed by atoms with Gasteiger partial charge in [0.1, 0.15) is 6.10 Å². The van der Waals surface area contributed by atoms with Crippen molar-refractivity contribution in [3.05, 3.63) is 95.6 Å². The van der Waals surface area contributed by atoms with E-state index in [9.17, 15) is 18.0 Å². The number of aliphatic imine (C=N–C) groups is 1. The second-order valence-corrected chi connectivity index (χ2v) is 9.43. The lowest BCUT2D eigenvalue weighted by atomic mass is 9.84. The SMILES string of the molecule is NC(=O)OC1C[SH4]c2ccccc2N=C1C(c1ccccc1)c1ccc(C(F)(F)F)cc1. The number of fused-ring (bicyclic) bond motifs is 1. The van der Waals surface area contributed by atoms with Crippen LogP contribution in [0.1, 0.15) is 22.6 Å². The molecule has 1 heterocycles. The molecule has 1 aliphatic rings. The van der Waals surface area contributed by atoms with Gasteiger partial charge in [-0.15, -0.1) is 0 Å². The summed E-state index contributed by atoms with van der Waals surface area (Å²) in [6.07, 6.45) is -5.98.